The van der Waals surface area contributed by atoms with Crippen LogP contribution in [0.1, 0.15) is 12.5 Å². The molecule has 5 nitrogen and oxygen atoms in total. The lowest BCUT2D eigenvalue weighted by Crippen LogP contribution is -2.27. The highest BCUT2D eigenvalue weighted by atomic mass is 32.2. The normalized spacial score (nSPS) is 11.4. The van der Waals surface area contributed by atoms with Crippen LogP contribution in [0, 0.1) is 0 Å². The van der Waals surface area contributed by atoms with E-state index in [1.54, 1.807) is 29.7 Å². The number of nitrogens with zero attached hydrogens (tertiary/aromatic N) is 1. The van der Waals surface area contributed by atoms with Gasteiger partial charge in [-0.05, 0) is 47.9 Å². The van der Waals surface area contributed by atoms with Gasteiger partial charge < -0.3 is 5.32 Å². The molecule has 2 aromatic rings. The predicted molar refractivity (Wildman–Crippen MR) is 81.6 cm³/mol. The van der Waals surface area contributed by atoms with E-state index in [0.29, 0.717) is 25.3 Å². The van der Waals surface area contributed by atoms with Crippen LogP contribution in [0.25, 0.3) is 0 Å². The first-order valence-electron chi connectivity index (χ1n) is 6.33. The van der Waals surface area contributed by atoms with Crippen molar-refractivity contribution in [2.75, 3.05) is 18.4 Å². The van der Waals surface area contributed by atoms with Gasteiger partial charge in [0.15, 0.2) is 0 Å². The molecule has 2 aromatic heterocycles. The van der Waals surface area contributed by atoms with E-state index in [2.05, 4.69) is 15.0 Å². The SMILES string of the molecule is CCNc1ncccc1S(=O)(=O)NCCc1ccsc1. The second-order valence-electron chi connectivity index (χ2n) is 4.16. The summed E-state index contributed by atoms with van der Waals surface area (Å²) in [6, 6.07) is 5.17. The number of hydrogen-bond acceptors (Lipinski definition) is 5. The summed E-state index contributed by atoms with van der Waals surface area (Å²) in [5.41, 5.74) is 1.13. The van der Waals surface area contributed by atoms with Crippen molar-refractivity contribution < 1.29 is 8.42 Å². The van der Waals surface area contributed by atoms with Gasteiger partial charge >= 0.3 is 0 Å². The molecule has 20 heavy (non-hydrogen) atoms. The summed E-state index contributed by atoms with van der Waals surface area (Å²) in [4.78, 5) is 4.25. The average Bonchev–Trinajstić information content (AvgIpc) is 2.92. The molecule has 2 rings (SSSR count). The standard InChI is InChI=1S/C13H17N3O2S2/c1-2-14-13-12(4-3-7-15-13)20(17,18)16-8-5-11-6-9-19-10-11/h3-4,6-7,9-10,16H,2,5,8H2,1H3,(H,14,15). The molecule has 0 saturated heterocycles. The lowest BCUT2D eigenvalue weighted by Gasteiger charge is -2.10. The number of hydrogen-bond donors (Lipinski definition) is 2. The third-order valence-corrected chi connectivity index (χ3v) is 4.91. The lowest BCUT2D eigenvalue weighted by molar-refractivity contribution is 0.581. The van der Waals surface area contributed by atoms with Crippen molar-refractivity contribution in [1.82, 2.24) is 9.71 Å². The van der Waals surface area contributed by atoms with E-state index in [-0.39, 0.29) is 4.90 Å². The third kappa shape index (κ3) is 3.78. The maximum Gasteiger partial charge on any atom is 0.244 e. The van der Waals surface area contributed by atoms with Crippen LogP contribution in [-0.2, 0) is 16.4 Å². The maximum atomic E-state index is 12.3. The fourth-order valence-electron chi connectivity index (χ4n) is 1.75. The minimum atomic E-state index is -3.54. The molecule has 0 saturated carbocycles. The summed E-state index contributed by atoms with van der Waals surface area (Å²) >= 11 is 1.61. The van der Waals surface area contributed by atoms with Gasteiger partial charge in [0.1, 0.15) is 10.7 Å². The summed E-state index contributed by atoms with van der Waals surface area (Å²) in [5, 5.41) is 6.95. The molecule has 0 amide bonds. The van der Waals surface area contributed by atoms with E-state index in [1.165, 1.54) is 0 Å². The Morgan fingerprint density at radius 2 is 2.20 bits per heavy atom. The van der Waals surface area contributed by atoms with Gasteiger partial charge in [-0.1, -0.05) is 0 Å². The molecule has 108 valence electrons. The van der Waals surface area contributed by atoms with Crippen molar-refractivity contribution in [3.05, 3.63) is 40.7 Å². The first kappa shape index (κ1) is 15.0. The zero-order valence-electron chi connectivity index (χ0n) is 11.2. The minimum Gasteiger partial charge on any atom is -0.369 e. The van der Waals surface area contributed by atoms with E-state index in [4.69, 9.17) is 0 Å². The molecule has 0 unspecified atom stereocenters. The highest BCUT2D eigenvalue weighted by Gasteiger charge is 2.18. The second kappa shape index (κ2) is 6.83. The van der Waals surface area contributed by atoms with Crippen LogP contribution in [0.15, 0.2) is 40.1 Å². The predicted octanol–water partition coefficient (Wildman–Crippen LogP) is 2.10. The van der Waals surface area contributed by atoms with Crippen LogP contribution in [-0.4, -0.2) is 26.5 Å². The Hall–Kier alpha value is -1.44. The number of aromatic nitrogens is 1. The van der Waals surface area contributed by atoms with Crippen molar-refractivity contribution in [2.24, 2.45) is 0 Å². The van der Waals surface area contributed by atoms with Crippen LogP contribution < -0.4 is 10.0 Å². The molecule has 0 aromatic carbocycles. The molecule has 2 N–H and O–H groups in total. The number of sulfonamides is 1. The fourth-order valence-corrected chi connectivity index (χ4v) is 3.62. The van der Waals surface area contributed by atoms with Crippen molar-refractivity contribution in [3.8, 4) is 0 Å². The summed E-state index contributed by atoms with van der Waals surface area (Å²) in [6.45, 7) is 2.89. The van der Waals surface area contributed by atoms with Gasteiger partial charge in [-0.25, -0.2) is 18.1 Å². The number of anilines is 1. The van der Waals surface area contributed by atoms with Crippen molar-refractivity contribution in [1.29, 1.82) is 0 Å². The zero-order chi connectivity index (χ0) is 14.4. The number of pyridine rings is 1. The Labute approximate surface area is 123 Å². The Morgan fingerprint density at radius 3 is 2.90 bits per heavy atom. The van der Waals surface area contributed by atoms with E-state index in [9.17, 15) is 8.42 Å². The Bertz CT molecular complexity index is 639. The Balaban J connectivity index is 2.06. The van der Waals surface area contributed by atoms with Crippen LogP contribution in [0.4, 0.5) is 5.82 Å². The van der Waals surface area contributed by atoms with E-state index >= 15 is 0 Å². The van der Waals surface area contributed by atoms with Gasteiger partial charge in [0.25, 0.3) is 0 Å². The molecule has 2 heterocycles. The molecule has 0 aliphatic heterocycles. The van der Waals surface area contributed by atoms with Gasteiger partial charge in [0.05, 0.1) is 0 Å². The second-order valence-corrected chi connectivity index (χ2v) is 6.68. The first-order chi connectivity index (χ1) is 9.63. The van der Waals surface area contributed by atoms with E-state index < -0.39 is 10.0 Å². The van der Waals surface area contributed by atoms with Gasteiger partial charge in [-0.3, -0.25) is 0 Å². The molecule has 0 spiro atoms. The van der Waals surface area contributed by atoms with E-state index in [1.807, 2.05) is 23.8 Å². The number of rotatable bonds is 7. The number of thiophene rings is 1. The minimum absolute atomic E-state index is 0.187. The van der Waals surface area contributed by atoms with Gasteiger partial charge in [0, 0.05) is 19.3 Å². The molecule has 0 aliphatic rings. The monoisotopic (exact) mass is 311 g/mol. The van der Waals surface area contributed by atoms with Crippen LogP contribution >= 0.6 is 11.3 Å². The zero-order valence-corrected chi connectivity index (χ0v) is 12.8. The van der Waals surface area contributed by atoms with Crippen LogP contribution in [0.3, 0.4) is 0 Å². The lowest BCUT2D eigenvalue weighted by atomic mass is 10.2. The van der Waals surface area contributed by atoms with Crippen molar-refractivity contribution >= 4 is 27.2 Å². The Kier molecular flexibility index (Phi) is 5.11. The Morgan fingerprint density at radius 1 is 1.35 bits per heavy atom. The van der Waals surface area contributed by atoms with Crippen LogP contribution in [0.2, 0.25) is 0 Å². The van der Waals surface area contributed by atoms with Crippen molar-refractivity contribution in [2.45, 2.75) is 18.2 Å². The average molecular weight is 311 g/mol. The molecule has 0 atom stereocenters. The van der Waals surface area contributed by atoms with E-state index in [0.717, 1.165) is 5.56 Å². The molecule has 7 heteroatoms. The quantitative estimate of drug-likeness (QED) is 0.821. The van der Waals surface area contributed by atoms with Crippen LogP contribution in [0.5, 0.6) is 0 Å². The van der Waals surface area contributed by atoms with Gasteiger partial charge in [0.2, 0.25) is 10.0 Å². The first-order valence-corrected chi connectivity index (χ1v) is 8.75. The summed E-state index contributed by atoms with van der Waals surface area (Å²) in [5.74, 6) is 0.387. The summed E-state index contributed by atoms with van der Waals surface area (Å²) in [6.07, 6.45) is 2.25. The molecular formula is C13H17N3O2S2. The molecule has 0 fully saturated rings. The fraction of sp³-hybridized carbons (Fsp3) is 0.308. The highest BCUT2D eigenvalue weighted by molar-refractivity contribution is 7.89. The van der Waals surface area contributed by atoms with Gasteiger partial charge in [-0.15, -0.1) is 0 Å². The highest BCUT2D eigenvalue weighted by Crippen LogP contribution is 2.17. The summed E-state index contributed by atoms with van der Waals surface area (Å²) in [7, 11) is -3.54. The maximum absolute atomic E-state index is 12.3. The molecule has 0 aliphatic carbocycles. The molecule has 0 bridgehead atoms. The topological polar surface area (TPSA) is 71.1 Å². The third-order valence-electron chi connectivity index (χ3n) is 2.69. The largest absolute Gasteiger partial charge is 0.369 e. The smallest absolute Gasteiger partial charge is 0.244 e. The van der Waals surface area contributed by atoms with Crippen molar-refractivity contribution in [3.63, 3.8) is 0 Å². The number of nitrogens with one attached hydrogen (secondary N) is 2. The summed E-state index contributed by atoms with van der Waals surface area (Å²) < 4.78 is 27.1. The molecule has 0 radical (unpaired) electrons. The van der Waals surface area contributed by atoms with Gasteiger partial charge in [-0.2, -0.15) is 11.3 Å². The molecular weight excluding hydrogens is 294 g/mol.